The van der Waals surface area contributed by atoms with Crippen LogP contribution in [-0.4, -0.2) is 51.0 Å². The Balaban J connectivity index is 1.38. The van der Waals surface area contributed by atoms with Crippen molar-refractivity contribution in [2.75, 3.05) is 18.0 Å². The van der Waals surface area contributed by atoms with E-state index in [-0.39, 0.29) is 18.2 Å². The molecule has 0 radical (unpaired) electrons. The Labute approximate surface area is 199 Å². The molecule has 0 aliphatic carbocycles. The van der Waals surface area contributed by atoms with Crippen molar-refractivity contribution in [3.05, 3.63) is 77.0 Å². The monoisotopic (exact) mass is 456 g/mol. The number of fused-ring (bicyclic) bond motifs is 1. The van der Waals surface area contributed by atoms with Gasteiger partial charge in [0, 0.05) is 36.0 Å². The topological polar surface area (TPSA) is 86.6 Å². The largest absolute Gasteiger partial charge is 0.391 e. The number of β-amino-alcohol motifs (C(OH)–C–C–N with tert-alkyl or cyclic N) is 1. The molecule has 1 fully saturated rings. The lowest BCUT2D eigenvalue weighted by atomic mass is 9.97. The molecule has 3 aromatic rings. The molecular formula is C27H28N4O3. The minimum Gasteiger partial charge on any atom is -0.391 e. The predicted octanol–water partition coefficient (Wildman–Crippen LogP) is 3.56. The van der Waals surface area contributed by atoms with Crippen molar-refractivity contribution in [1.82, 2.24) is 14.9 Å². The fourth-order valence-electron chi connectivity index (χ4n) is 4.67. The molecule has 0 spiro atoms. The third-order valence-corrected chi connectivity index (χ3v) is 6.56. The number of aromatic nitrogens is 2. The lowest BCUT2D eigenvalue weighted by Gasteiger charge is -2.19. The van der Waals surface area contributed by atoms with Crippen LogP contribution in [0.25, 0.3) is 11.4 Å². The van der Waals surface area contributed by atoms with Crippen LogP contribution in [0.3, 0.4) is 0 Å². The number of likely N-dealkylation sites (tertiary alicyclic amines) is 1. The zero-order chi connectivity index (χ0) is 23.8. The Bertz CT molecular complexity index is 1240. The van der Waals surface area contributed by atoms with Gasteiger partial charge in [-0.2, -0.15) is 0 Å². The standard InChI is InChI=1S/C27H28N4O3/c1-17(2)22-5-3-4-6-23(22)25-28-14-20-13-24(33)31(26(20)29-25)15-18-7-9-19(10-8-18)27(34)30-12-11-21(32)16-30/h3-10,14,17,21,32H,11-13,15-16H2,1-2H3/t21-/m0/s1. The van der Waals surface area contributed by atoms with Crippen LogP contribution >= 0.6 is 0 Å². The third-order valence-electron chi connectivity index (χ3n) is 6.56. The lowest BCUT2D eigenvalue weighted by molar-refractivity contribution is -0.117. The average Bonchev–Trinajstić information content (AvgIpc) is 3.41. The summed E-state index contributed by atoms with van der Waals surface area (Å²) in [6, 6.07) is 15.4. The highest BCUT2D eigenvalue weighted by molar-refractivity contribution is 6.00. The van der Waals surface area contributed by atoms with Gasteiger partial charge in [0.05, 0.1) is 19.1 Å². The van der Waals surface area contributed by atoms with Crippen LogP contribution in [0.15, 0.2) is 54.7 Å². The number of benzene rings is 2. The van der Waals surface area contributed by atoms with Crippen LogP contribution in [0.4, 0.5) is 5.82 Å². The highest BCUT2D eigenvalue weighted by atomic mass is 16.3. The maximum Gasteiger partial charge on any atom is 0.253 e. The Kier molecular flexibility index (Phi) is 5.87. The minimum absolute atomic E-state index is 0.00944. The molecule has 0 bridgehead atoms. The fraction of sp³-hybridized carbons (Fsp3) is 0.333. The summed E-state index contributed by atoms with van der Waals surface area (Å²) in [6.45, 7) is 5.61. The average molecular weight is 457 g/mol. The third kappa shape index (κ3) is 4.19. The Morgan fingerprint density at radius 2 is 1.91 bits per heavy atom. The van der Waals surface area contributed by atoms with Crippen molar-refractivity contribution in [2.45, 2.75) is 45.3 Å². The van der Waals surface area contributed by atoms with Crippen molar-refractivity contribution in [2.24, 2.45) is 0 Å². The molecule has 1 atom stereocenters. The summed E-state index contributed by atoms with van der Waals surface area (Å²) in [5, 5.41) is 9.70. The number of anilines is 1. The molecule has 174 valence electrons. The predicted molar refractivity (Wildman–Crippen MR) is 129 cm³/mol. The first-order valence-electron chi connectivity index (χ1n) is 11.7. The second kappa shape index (κ2) is 8.99. The summed E-state index contributed by atoms with van der Waals surface area (Å²) >= 11 is 0. The maximum atomic E-state index is 12.8. The van der Waals surface area contributed by atoms with Crippen molar-refractivity contribution < 1.29 is 14.7 Å². The van der Waals surface area contributed by atoms with Gasteiger partial charge in [-0.15, -0.1) is 0 Å². The molecule has 0 saturated carbocycles. The number of hydrogen-bond donors (Lipinski definition) is 1. The number of hydrogen-bond acceptors (Lipinski definition) is 5. The van der Waals surface area contributed by atoms with Crippen LogP contribution in [0.2, 0.25) is 0 Å². The molecule has 2 aliphatic heterocycles. The highest BCUT2D eigenvalue weighted by Gasteiger charge is 2.30. The molecule has 3 heterocycles. The molecule has 34 heavy (non-hydrogen) atoms. The number of rotatable bonds is 5. The van der Waals surface area contributed by atoms with Crippen LogP contribution in [0.5, 0.6) is 0 Å². The van der Waals surface area contributed by atoms with E-state index in [0.717, 1.165) is 16.7 Å². The van der Waals surface area contributed by atoms with Gasteiger partial charge in [-0.05, 0) is 35.6 Å². The van der Waals surface area contributed by atoms with Crippen molar-refractivity contribution >= 4 is 17.6 Å². The zero-order valence-corrected chi connectivity index (χ0v) is 19.4. The van der Waals surface area contributed by atoms with E-state index >= 15 is 0 Å². The van der Waals surface area contributed by atoms with Crippen molar-refractivity contribution in [1.29, 1.82) is 0 Å². The first-order valence-corrected chi connectivity index (χ1v) is 11.7. The van der Waals surface area contributed by atoms with Gasteiger partial charge < -0.3 is 10.0 Å². The van der Waals surface area contributed by atoms with E-state index in [0.29, 0.717) is 49.2 Å². The summed E-state index contributed by atoms with van der Waals surface area (Å²) in [5.74, 6) is 1.52. The number of carbonyl (C=O) groups excluding carboxylic acids is 2. The summed E-state index contributed by atoms with van der Waals surface area (Å²) in [7, 11) is 0. The van der Waals surface area contributed by atoms with E-state index in [1.165, 1.54) is 5.56 Å². The first kappa shape index (κ1) is 22.2. The molecule has 7 nitrogen and oxygen atoms in total. The smallest absolute Gasteiger partial charge is 0.253 e. The van der Waals surface area contributed by atoms with E-state index in [1.807, 2.05) is 30.3 Å². The maximum absolute atomic E-state index is 12.8. The first-order chi connectivity index (χ1) is 16.4. The summed E-state index contributed by atoms with van der Waals surface area (Å²) in [4.78, 5) is 38.2. The molecule has 1 aromatic heterocycles. The van der Waals surface area contributed by atoms with Gasteiger partial charge in [-0.25, -0.2) is 9.97 Å². The normalized spacial score (nSPS) is 17.5. The molecular weight excluding hydrogens is 428 g/mol. The fourth-order valence-corrected chi connectivity index (χ4v) is 4.67. The zero-order valence-electron chi connectivity index (χ0n) is 19.4. The van der Waals surface area contributed by atoms with Gasteiger partial charge in [0.1, 0.15) is 5.82 Å². The lowest BCUT2D eigenvalue weighted by Crippen LogP contribution is -2.29. The van der Waals surface area contributed by atoms with E-state index in [9.17, 15) is 14.7 Å². The van der Waals surface area contributed by atoms with Crippen molar-refractivity contribution in [3.8, 4) is 11.4 Å². The number of aliphatic hydroxyl groups is 1. The molecule has 7 heteroatoms. The van der Waals surface area contributed by atoms with Gasteiger partial charge in [-0.3, -0.25) is 14.5 Å². The second-order valence-corrected chi connectivity index (χ2v) is 9.33. The van der Waals surface area contributed by atoms with E-state index in [1.54, 1.807) is 28.1 Å². The Morgan fingerprint density at radius 1 is 1.15 bits per heavy atom. The number of amides is 2. The SMILES string of the molecule is CC(C)c1ccccc1-c1ncc2c(n1)N(Cc1ccc(C(=O)N3CC[C@H](O)C3)cc1)C(=O)C2. The van der Waals surface area contributed by atoms with Gasteiger partial charge in [0.25, 0.3) is 5.91 Å². The van der Waals surface area contributed by atoms with Gasteiger partial charge in [0.15, 0.2) is 5.82 Å². The summed E-state index contributed by atoms with van der Waals surface area (Å²) in [6.07, 6.45) is 2.23. The van der Waals surface area contributed by atoms with Crippen LogP contribution in [0, 0.1) is 0 Å². The molecule has 2 aliphatic rings. The number of nitrogens with zero attached hydrogens (tertiary/aromatic N) is 4. The highest BCUT2D eigenvalue weighted by Crippen LogP contribution is 2.32. The Hall–Kier alpha value is -3.58. The Morgan fingerprint density at radius 3 is 2.62 bits per heavy atom. The minimum atomic E-state index is -0.441. The molecule has 5 rings (SSSR count). The summed E-state index contributed by atoms with van der Waals surface area (Å²) in [5.41, 5.74) is 4.48. The van der Waals surface area contributed by atoms with Crippen LogP contribution in [-0.2, 0) is 17.8 Å². The van der Waals surface area contributed by atoms with E-state index < -0.39 is 6.10 Å². The molecule has 0 unspecified atom stereocenters. The second-order valence-electron chi connectivity index (χ2n) is 9.33. The van der Waals surface area contributed by atoms with Crippen LogP contribution in [0.1, 0.15) is 53.2 Å². The van der Waals surface area contributed by atoms with Gasteiger partial charge in [0.2, 0.25) is 5.91 Å². The molecule has 1 N–H and O–H groups in total. The summed E-state index contributed by atoms with van der Waals surface area (Å²) < 4.78 is 0. The number of carbonyl (C=O) groups is 2. The van der Waals surface area contributed by atoms with E-state index in [2.05, 4.69) is 24.9 Å². The quantitative estimate of drug-likeness (QED) is 0.634. The molecule has 2 amide bonds. The molecule has 1 saturated heterocycles. The van der Waals surface area contributed by atoms with Crippen LogP contribution < -0.4 is 4.90 Å². The van der Waals surface area contributed by atoms with Gasteiger partial charge >= 0.3 is 0 Å². The number of aliphatic hydroxyl groups excluding tert-OH is 1. The van der Waals surface area contributed by atoms with Gasteiger partial charge in [-0.1, -0.05) is 50.2 Å². The van der Waals surface area contributed by atoms with E-state index in [4.69, 9.17) is 4.98 Å². The molecule has 2 aromatic carbocycles. The van der Waals surface area contributed by atoms with Crippen molar-refractivity contribution in [3.63, 3.8) is 0 Å².